The quantitative estimate of drug-likeness (QED) is 0.769. The summed E-state index contributed by atoms with van der Waals surface area (Å²) in [7, 11) is 0. The number of benzene rings is 1. The van der Waals surface area contributed by atoms with Crippen molar-refractivity contribution in [3.8, 4) is 0 Å². The van der Waals surface area contributed by atoms with E-state index >= 15 is 0 Å². The SMILES string of the molecule is O=C(O)C1Nc2c(F)cc(Cl)cc2C2C=CCC12. The highest BCUT2D eigenvalue weighted by Crippen LogP contribution is 2.46. The average molecular weight is 268 g/mol. The molecule has 5 heteroatoms. The monoisotopic (exact) mass is 267 g/mol. The molecule has 0 radical (unpaired) electrons. The molecule has 0 fully saturated rings. The Morgan fingerprint density at radius 3 is 3.00 bits per heavy atom. The van der Waals surface area contributed by atoms with Crippen LogP contribution < -0.4 is 5.32 Å². The molecule has 0 bridgehead atoms. The van der Waals surface area contributed by atoms with Crippen LogP contribution in [-0.4, -0.2) is 17.1 Å². The van der Waals surface area contributed by atoms with Crippen molar-refractivity contribution in [2.45, 2.75) is 18.4 Å². The van der Waals surface area contributed by atoms with Crippen LogP contribution in [0.5, 0.6) is 0 Å². The van der Waals surface area contributed by atoms with Gasteiger partial charge in [-0.15, -0.1) is 0 Å². The van der Waals surface area contributed by atoms with Gasteiger partial charge in [-0.25, -0.2) is 9.18 Å². The summed E-state index contributed by atoms with van der Waals surface area (Å²) in [5, 5.41) is 12.3. The summed E-state index contributed by atoms with van der Waals surface area (Å²) in [5.41, 5.74) is 1.01. The number of allylic oxidation sites excluding steroid dienone is 2. The van der Waals surface area contributed by atoms with E-state index in [9.17, 15) is 14.3 Å². The second kappa shape index (κ2) is 3.99. The zero-order valence-corrected chi connectivity index (χ0v) is 10.1. The molecule has 3 rings (SSSR count). The van der Waals surface area contributed by atoms with E-state index in [2.05, 4.69) is 5.32 Å². The van der Waals surface area contributed by atoms with Gasteiger partial charge < -0.3 is 10.4 Å². The van der Waals surface area contributed by atoms with E-state index in [1.54, 1.807) is 6.07 Å². The first kappa shape index (κ1) is 11.5. The standard InChI is InChI=1S/C13H11ClFNO2/c14-6-4-9-7-2-1-3-8(7)12(13(17)18)16-11(9)10(15)5-6/h1-2,4-5,7-8,12,16H,3H2,(H,17,18). The van der Waals surface area contributed by atoms with Gasteiger partial charge >= 0.3 is 5.97 Å². The molecule has 1 aromatic rings. The number of carboxylic acid groups (broad SMARTS) is 1. The van der Waals surface area contributed by atoms with Crippen molar-refractivity contribution in [1.82, 2.24) is 0 Å². The molecule has 0 spiro atoms. The lowest BCUT2D eigenvalue weighted by Gasteiger charge is -2.34. The van der Waals surface area contributed by atoms with Gasteiger partial charge in [-0.05, 0) is 24.1 Å². The van der Waals surface area contributed by atoms with Gasteiger partial charge in [-0.3, -0.25) is 0 Å². The van der Waals surface area contributed by atoms with Crippen molar-refractivity contribution < 1.29 is 14.3 Å². The summed E-state index contributed by atoms with van der Waals surface area (Å²) in [5.74, 6) is -1.60. The molecule has 2 N–H and O–H groups in total. The number of rotatable bonds is 1. The van der Waals surface area contributed by atoms with Gasteiger partial charge in [0.25, 0.3) is 0 Å². The Morgan fingerprint density at radius 1 is 1.50 bits per heavy atom. The Labute approximate surface area is 108 Å². The maximum Gasteiger partial charge on any atom is 0.326 e. The van der Waals surface area contributed by atoms with E-state index in [1.807, 2.05) is 12.2 Å². The molecule has 18 heavy (non-hydrogen) atoms. The normalized spacial score (nSPS) is 28.4. The topological polar surface area (TPSA) is 49.3 Å². The summed E-state index contributed by atoms with van der Waals surface area (Å²) in [6, 6.07) is 2.15. The van der Waals surface area contributed by atoms with Crippen molar-refractivity contribution >= 4 is 23.3 Å². The van der Waals surface area contributed by atoms with E-state index in [4.69, 9.17) is 11.6 Å². The minimum Gasteiger partial charge on any atom is -0.480 e. The second-order valence-corrected chi connectivity index (χ2v) is 5.10. The molecule has 0 amide bonds. The number of anilines is 1. The van der Waals surface area contributed by atoms with Gasteiger partial charge in [-0.2, -0.15) is 0 Å². The predicted molar refractivity (Wildman–Crippen MR) is 66.4 cm³/mol. The van der Waals surface area contributed by atoms with Crippen LogP contribution in [0, 0.1) is 11.7 Å². The first-order valence-electron chi connectivity index (χ1n) is 5.73. The molecule has 3 nitrogen and oxygen atoms in total. The number of halogens is 2. The molecule has 0 saturated carbocycles. The molecule has 1 aromatic carbocycles. The average Bonchev–Trinajstić information content (AvgIpc) is 2.76. The fraction of sp³-hybridized carbons (Fsp3) is 0.308. The zero-order chi connectivity index (χ0) is 12.9. The molecule has 0 saturated heterocycles. The molecule has 3 unspecified atom stereocenters. The van der Waals surface area contributed by atoms with E-state index < -0.39 is 17.8 Å². The Bertz CT molecular complexity index is 558. The lowest BCUT2D eigenvalue weighted by atomic mass is 9.79. The molecule has 1 aliphatic carbocycles. The number of fused-ring (bicyclic) bond motifs is 3. The second-order valence-electron chi connectivity index (χ2n) is 4.67. The highest BCUT2D eigenvalue weighted by atomic mass is 35.5. The van der Waals surface area contributed by atoms with Gasteiger partial charge in [0.2, 0.25) is 0 Å². The summed E-state index contributed by atoms with van der Waals surface area (Å²) < 4.78 is 13.9. The van der Waals surface area contributed by atoms with Crippen molar-refractivity contribution in [1.29, 1.82) is 0 Å². The van der Waals surface area contributed by atoms with Crippen LogP contribution in [0.2, 0.25) is 5.02 Å². The van der Waals surface area contributed by atoms with E-state index in [0.29, 0.717) is 11.4 Å². The van der Waals surface area contributed by atoms with E-state index in [1.165, 1.54) is 6.07 Å². The number of hydrogen-bond acceptors (Lipinski definition) is 2. The zero-order valence-electron chi connectivity index (χ0n) is 9.36. The molecule has 1 heterocycles. The number of hydrogen-bond donors (Lipinski definition) is 2. The fourth-order valence-corrected chi connectivity index (χ4v) is 3.08. The maximum atomic E-state index is 13.9. The Morgan fingerprint density at radius 2 is 2.28 bits per heavy atom. The van der Waals surface area contributed by atoms with Gasteiger partial charge in [-0.1, -0.05) is 23.8 Å². The molecule has 0 aromatic heterocycles. The van der Waals surface area contributed by atoms with Crippen LogP contribution in [0.3, 0.4) is 0 Å². The summed E-state index contributed by atoms with van der Waals surface area (Å²) >= 11 is 5.86. The van der Waals surface area contributed by atoms with E-state index in [-0.39, 0.29) is 17.5 Å². The highest BCUT2D eigenvalue weighted by molar-refractivity contribution is 6.30. The van der Waals surface area contributed by atoms with Crippen LogP contribution in [0.4, 0.5) is 10.1 Å². The van der Waals surface area contributed by atoms with Crippen LogP contribution in [-0.2, 0) is 4.79 Å². The first-order valence-corrected chi connectivity index (χ1v) is 6.10. The van der Waals surface area contributed by atoms with Gasteiger partial charge in [0.15, 0.2) is 0 Å². The van der Waals surface area contributed by atoms with Crippen molar-refractivity contribution in [3.63, 3.8) is 0 Å². The molecular formula is C13H11ClFNO2. The molecule has 3 atom stereocenters. The molecular weight excluding hydrogens is 257 g/mol. The summed E-state index contributed by atoms with van der Waals surface area (Å²) in [4.78, 5) is 11.2. The van der Waals surface area contributed by atoms with E-state index in [0.717, 1.165) is 5.56 Å². The maximum absolute atomic E-state index is 13.9. The van der Waals surface area contributed by atoms with Crippen LogP contribution >= 0.6 is 11.6 Å². The van der Waals surface area contributed by atoms with Crippen molar-refractivity contribution in [2.75, 3.05) is 5.32 Å². The Hall–Kier alpha value is -1.55. The number of carboxylic acids is 1. The summed E-state index contributed by atoms with van der Waals surface area (Å²) in [6.07, 6.45) is 4.57. The van der Waals surface area contributed by atoms with Gasteiger partial charge in [0.1, 0.15) is 11.9 Å². The number of nitrogens with one attached hydrogen (secondary N) is 1. The lowest BCUT2D eigenvalue weighted by molar-refractivity contribution is -0.139. The molecule has 2 aliphatic rings. The molecule has 1 aliphatic heterocycles. The minimum atomic E-state index is -0.950. The number of carbonyl (C=O) groups is 1. The smallest absolute Gasteiger partial charge is 0.326 e. The fourth-order valence-electron chi connectivity index (χ4n) is 2.87. The minimum absolute atomic E-state index is 0.0736. The predicted octanol–water partition coefficient (Wildman–Crippen LogP) is 3.02. The third-order valence-corrected chi connectivity index (χ3v) is 3.87. The largest absolute Gasteiger partial charge is 0.480 e. The molecule has 94 valence electrons. The summed E-state index contributed by atoms with van der Waals surface area (Å²) in [6.45, 7) is 0. The highest BCUT2D eigenvalue weighted by Gasteiger charge is 2.41. The number of aliphatic carboxylic acids is 1. The van der Waals surface area contributed by atoms with Crippen LogP contribution in [0.1, 0.15) is 17.9 Å². The van der Waals surface area contributed by atoms with Crippen LogP contribution in [0.25, 0.3) is 0 Å². The van der Waals surface area contributed by atoms with Gasteiger partial charge in [0.05, 0.1) is 5.69 Å². The van der Waals surface area contributed by atoms with Crippen molar-refractivity contribution in [2.24, 2.45) is 5.92 Å². The van der Waals surface area contributed by atoms with Crippen LogP contribution in [0.15, 0.2) is 24.3 Å². The lowest BCUT2D eigenvalue weighted by Crippen LogP contribution is -2.42. The van der Waals surface area contributed by atoms with Gasteiger partial charge in [0, 0.05) is 16.9 Å². The Kier molecular flexibility index (Phi) is 2.55. The van der Waals surface area contributed by atoms with Crippen molar-refractivity contribution in [3.05, 3.63) is 40.7 Å². The first-order chi connectivity index (χ1) is 8.58. The Balaban J connectivity index is 2.14. The third kappa shape index (κ3) is 1.60. The third-order valence-electron chi connectivity index (χ3n) is 3.65.